The average molecular weight is 311 g/mol. The predicted octanol–water partition coefficient (Wildman–Crippen LogP) is 2.76. The lowest BCUT2D eigenvalue weighted by Crippen LogP contribution is -2.39. The van der Waals surface area contributed by atoms with Gasteiger partial charge in [-0.05, 0) is 42.8 Å². The lowest BCUT2D eigenvalue weighted by atomic mass is 10.1. The summed E-state index contributed by atoms with van der Waals surface area (Å²) in [5, 5.41) is 0. The molecule has 118 valence electrons. The van der Waals surface area contributed by atoms with Crippen LogP contribution in [0.5, 0.6) is 11.5 Å². The van der Waals surface area contributed by atoms with Gasteiger partial charge in [0.05, 0.1) is 12.2 Å². The normalized spacial score (nSPS) is 13.2. The van der Waals surface area contributed by atoms with Gasteiger partial charge in [-0.25, -0.2) is 0 Å². The van der Waals surface area contributed by atoms with Gasteiger partial charge in [-0.3, -0.25) is 9.59 Å². The molecule has 3 rings (SSSR count). The Labute approximate surface area is 134 Å². The Kier molecular flexibility index (Phi) is 4.57. The number of ether oxygens (including phenoxy) is 2. The van der Waals surface area contributed by atoms with E-state index in [4.69, 9.17) is 9.47 Å². The Morgan fingerprint density at radius 2 is 1.91 bits per heavy atom. The lowest BCUT2D eigenvalue weighted by Gasteiger charge is -2.28. The second-order valence-corrected chi connectivity index (χ2v) is 5.23. The van der Waals surface area contributed by atoms with E-state index in [0.29, 0.717) is 42.2 Å². The molecule has 2 aromatic carbocycles. The molecule has 5 heteroatoms. The third kappa shape index (κ3) is 3.51. The highest BCUT2D eigenvalue weighted by Crippen LogP contribution is 2.24. The van der Waals surface area contributed by atoms with Gasteiger partial charge < -0.3 is 14.4 Å². The zero-order valence-electron chi connectivity index (χ0n) is 12.6. The molecule has 0 spiro atoms. The number of carbonyl (C=O) groups is 2. The Bertz CT molecular complexity index is 696. The van der Waals surface area contributed by atoms with Gasteiger partial charge in [0.15, 0.2) is 6.73 Å². The van der Waals surface area contributed by atoms with Gasteiger partial charge in [0.2, 0.25) is 0 Å². The van der Waals surface area contributed by atoms with E-state index in [2.05, 4.69) is 0 Å². The Hall–Kier alpha value is -2.82. The highest BCUT2D eigenvalue weighted by atomic mass is 16.5. The van der Waals surface area contributed by atoms with Gasteiger partial charge in [-0.1, -0.05) is 12.1 Å². The van der Waals surface area contributed by atoms with Crippen LogP contribution in [0.1, 0.15) is 27.1 Å². The minimum atomic E-state index is -0.0119. The van der Waals surface area contributed by atoms with Crippen LogP contribution in [0, 0.1) is 0 Å². The molecule has 0 aliphatic carbocycles. The molecule has 1 aliphatic heterocycles. The van der Waals surface area contributed by atoms with Gasteiger partial charge in [0.25, 0.3) is 5.91 Å². The van der Waals surface area contributed by atoms with Crippen molar-refractivity contribution in [3.63, 3.8) is 0 Å². The van der Waals surface area contributed by atoms with Crippen molar-refractivity contribution < 1.29 is 19.1 Å². The fraction of sp³-hybridized carbons (Fsp3) is 0.222. The van der Waals surface area contributed by atoms with Gasteiger partial charge in [0.1, 0.15) is 17.8 Å². The number of fused-ring (bicyclic) bond motifs is 1. The van der Waals surface area contributed by atoms with Crippen molar-refractivity contribution in [2.75, 3.05) is 19.9 Å². The highest BCUT2D eigenvalue weighted by molar-refractivity contribution is 5.97. The lowest BCUT2D eigenvalue weighted by molar-refractivity contribution is 0.0508. The second-order valence-electron chi connectivity index (χ2n) is 5.23. The molecule has 1 amide bonds. The van der Waals surface area contributed by atoms with Crippen LogP contribution in [-0.2, 0) is 0 Å². The second kappa shape index (κ2) is 6.96. The number of hydrogen-bond acceptors (Lipinski definition) is 4. The van der Waals surface area contributed by atoms with Crippen molar-refractivity contribution in [3.05, 3.63) is 59.7 Å². The minimum absolute atomic E-state index is 0.0119. The number of aldehydes is 1. The quantitative estimate of drug-likeness (QED) is 0.608. The van der Waals surface area contributed by atoms with E-state index >= 15 is 0 Å². The SMILES string of the molecule is O=Cc1ccc(OCCCN2COc3ccccc3C2=O)cc1. The molecule has 1 heterocycles. The van der Waals surface area contributed by atoms with E-state index in [-0.39, 0.29) is 12.6 Å². The van der Waals surface area contributed by atoms with E-state index in [0.717, 1.165) is 6.29 Å². The van der Waals surface area contributed by atoms with Crippen LogP contribution in [0.3, 0.4) is 0 Å². The summed E-state index contributed by atoms with van der Waals surface area (Å²) in [6, 6.07) is 14.2. The molecule has 0 bridgehead atoms. The number of benzene rings is 2. The summed E-state index contributed by atoms with van der Waals surface area (Å²) in [5.41, 5.74) is 1.22. The van der Waals surface area contributed by atoms with E-state index < -0.39 is 0 Å². The molecule has 23 heavy (non-hydrogen) atoms. The third-order valence-corrected chi connectivity index (χ3v) is 3.64. The first kappa shape index (κ1) is 15.1. The number of para-hydroxylation sites is 1. The number of amides is 1. The van der Waals surface area contributed by atoms with Crippen molar-refractivity contribution in [2.45, 2.75) is 6.42 Å². The molecule has 0 aromatic heterocycles. The number of rotatable bonds is 6. The van der Waals surface area contributed by atoms with Gasteiger partial charge in [-0.2, -0.15) is 0 Å². The Morgan fingerprint density at radius 3 is 2.70 bits per heavy atom. The minimum Gasteiger partial charge on any atom is -0.494 e. The maximum atomic E-state index is 12.3. The van der Waals surface area contributed by atoms with Crippen molar-refractivity contribution in [1.82, 2.24) is 4.90 Å². The number of hydrogen-bond donors (Lipinski definition) is 0. The van der Waals surface area contributed by atoms with Crippen LogP contribution in [0.2, 0.25) is 0 Å². The topological polar surface area (TPSA) is 55.8 Å². The molecule has 0 fully saturated rings. The first-order valence-corrected chi connectivity index (χ1v) is 7.47. The molecule has 0 radical (unpaired) electrons. The maximum absolute atomic E-state index is 12.3. The molecule has 1 aliphatic rings. The van der Waals surface area contributed by atoms with Crippen LogP contribution in [0.15, 0.2) is 48.5 Å². The van der Waals surface area contributed by atoms with Crippen LogP contribution >= 0.6 is 0 Å². The zero-order valence-corrected chi connectivity index (χ0v) is 12.6. The molecule has 0 N–H and O–H groups in total. The summed E-state index contributed by atoms with van der Waals surface area (Å²) < 4.78 is 11.2. The monoisotopic (exact) mass is 311 g/mol. The fourth-order valence-corrected chi connectivity index (χ4v) is 2.40. The molecule has 5 nitrogen and oxygen atoms in total. The van der Waals surface area contributed by atoms with Crippen LogP contribution in [-0.4, -0.2) is 37.0 Å². The predicted molar refractivity (Wildman–Crippen MR) is 84.9 cm³/mol. The van der Waals surface area contributed by atoms with Crippen molar-refractivity contribution in [2.24, 2.45) is 0 Å². The number of nitrogens with zero attached hydrogens (tertiary/aromatic N) is 1. The molecular formula is C18H17NO4. The van der Waals surface area contributed by atoms with Gasteiger partial charge in [-0.15, -0.1) is 0 Å². The largest absolute Gasteiger partial charge is 0.494 e. The molecule has 0 atom stereocenters. The van der Waals surface area contributed by atoms with E-state index in [9.17, 15) is 9.59 Å². The highest BCUT2D eigenvalue weighted by Gasteiger charge is 2.24. The molecule has 2 aromatic rings. The molecule has 0 unspecified atom stereocenters. The average Bonchev–Trinajstić information content (AvgIpc) is 2.61. The molecular weight excluding hydrogens is 294 g/mol. The summed E-state index contributed by atoms with van der Waals surface area (Å²) in [6.45, 7) is 1.33. The van der Waals surface area contributed by atoms with Crippen LogP contribution in [0.4, 0.5) is 0 Å². The Morgan fingerprint density at radius 1 is 1.13 bits per heavy atom. The summed E-state index contributed by atoms with van der Waals surface area (Å²) in [7, 11) is 0. The van der Waals surface area contributed by atoms with E-state index in [1.54, 1.807) is 41.3 Å². The van der Waals surface area contributed by atoms with Gasteiger partial charge in [0, 0.05) is 12.1 Å². The fourth-order valence-electron chi connectivity index (χ4n) is 2.40. The maximum Gasteiger partial charge on any atom is 0.260 e. The van der Waals surface area contributed by atoms with Crippen LogP contribution in [0.25, 0.3) is 0 Å². The summed E-state index contributed by atoms with van der Waals surface area (Å²) in [6.07, 6.45) is 1.50. The van der Waals surface area contributed by atoms with Crippen molar-refractivity contribution >= 4 is 12.2 Å². The summed E-state index contributed by atoms with van der Waals surface area (Å²) in [4.78, 5) is 24.6. The van der Waals surface area contributed by atoms with Crippen LogP contribution < -0.4 is 9.47 Å². The van der Waals surface area contributed by atoms with E-state index in [1.165, 1.54) is 0 Å². The zero-order chi connectivity index (χ0) is 16.1. The van der Waals surface area contributed by atoms with Crippen molar-refractivity contribution in [3.8, 4) is 11.5 Å². The van der Waals surface area contributed by atoms with Crippen molar-refractivity contribution in [1.29, 1.82) is 0 Å². The standard InChI is InChI=1S/C18H17NO4/c20-12-14-6-8-15(9-7-14)22-11-3-10-19-13-23-17-5-2-1-4-16(17)18(19)21/h1-2,4-9,12H,3,10-11,13H2. The number of carbonyl (C=O) groups excluding carboxylic acids is 2. The first-order valence-electron chi connectivity index (χ1n) is 7.47. The Balaban J connectivity index is 1.47. The smallest absolute Gasteiger partial charge is 0.260 e. The first-order chi connectivity index (χ1) is 11.3. The summed E-state index contributed by atoms with van der Waals surface area (Å²) >= 11 is 0. The molecule has 0 saturated heterocycles. The summed E-state index contributed by atoms with van der Waals surface area (Å²) in [5.74, 6) is 1.34. The van der Waals surface area contributed by atoms with E-state index in [1.807, 2.05) is 12.1 Å². The molecule has 0 saturated carbocycles. The third-order valence-electron chi connectivity index (χ3n) is 3.64. The van der Waals surface area contributed by atoms with Gasteiger partial charge >= 0.3 is 0 Å².